The van der Waals surface area contributed by atoms with Crippen LogP contribution in [0.25, 0.3) is 0 Å². The molecule has 0 amide bonds. The first-order valence-electron chi connectivity index (χ1n) is 34.4. The first kappa shape index (κ1) is 75.8. The van der Waals surface area contributed by atoms with Gasteiger partial charge in [0.05, 0.1) is 0 Å². The molecule has 0 rings (SSSR count). The number of hydrogen-bond acceptors (Lipinski definition) is 6. The lowest BCUT2D eigenvalue weighted by Gasteiger charge is -2.18. The minimum absolute atomic E-state index is 0.0722. The third-order valence-corrected chi connectivity index (χ3v) is 15.2. The van der Waals surface area contributed by atoms with Crippen molar-refractivity contribution in [3.63, 3.8) is 0 Å². The van der Waals surface area contributed by atoms with E-state index >= 15 is 0 Å². The van der Waals surface area contributed by atoms with Crippen LogP contribution in [0.5, 0.6) is 0 Å². The molecule has 79 heavy (non-hydrogen) atoms. The van der Waals surface area contributed by atoms with Gasteiger partial charge in [0.1, 0.15) is 13.2 Å². The summed E-state index contributed by atoms with van der Waals surface area (Å²) < 4.78 is 17.0. The van der Waals surface area contributed by atoms with Gasteiger partial charge in [0, 0.05) is 19.3 Å². The number of carbonyl (C=O) groups excluding carboxylic acids is 3. The van der Waals surface area contributed by atoms with Crippen LogP contribution in [0.15, 0.2) is 72.9 Å². The average molecular weight is 1100 g/mol. The predicted octanol–water partition coefficient (Wildman–Crippen LogP) is 23.7. The zero-order valence-corrected chi connectivity index (χ0v) is 52.6. The second-order valence-corrected chi connectivity index (χ2v) is 23.1. The number of hydrogen-bond donors (Lipinski definition) is 0. The Balaban J connectivity index is 4.28. The summed E-state index contributed by atoms with van der Waals surface area (Å²) >= 11 is 0. The van der Waals surface area contributed by atoms with Crippen molar-refractivity contribution < 1.29 is 28.6 Å². The smallest absolute Gasteiger partial charge is 0.306 e. The van der Waals surface area contributed by atoms with E-state index in [4.69, 9.17) is 14.2 Å². The molecule has 458 valence electrons. The number of allylic oxidation sites excluding steroid dienone is 12. The summed E-state index contributed by atoms with van der Waals surface area (Å²) in [4.78, 5) is 38.4. The van der Waals surface area contributed by atoms with Crippen molar-refractivity contribution in [3.05, 3.63) is 72.9 Å². The number of ether oxygens (including phenoxy) is 3. The number of unbranched alkanes of at least 4 members (excludes halogenated alkanes) is 40. The normalized spacial score (nSPS) is 12.5. The van der Waals surface area contributed by atoms with Gasteiger partial charge < -0.3 is 14.2 Å². The maximum atomic E-state index is 12.9. The molecule has 0 saturated carbocycles. The van der Waals surface area contributed by atoms with Crippen LogP contribution in [0.4, 0.5) is 0 Å². The van der Waals surface area contributed by atoms with Crippen LogP contribution in [0.1, 0.15) is 355 Å². The maximum Gasteiger partial charge on any atom is 0.306 e. The molecule has 0 fully saturated rings. The summed E-state index contributed by atoms with van der Waals surface area (Å²) in [6, 6.07) is 0. The lowest BCUT2D eigenvalue weighted by molar-refractivity contribution is -0.167. The van der Waals surface area contributed by atoms with Crippen LogP contribution in [-0.4, -0.2) is 37.2 Å². The van der Waals surface area contributed by atoms with Gasteiger partial charge in [-0.1, -0.05) is 318 Å². The van der Waals surface area contributed by atoms with Crippen molar-refractivity contribution in [3.8, 4) is 0 Å². The van der Waals surface area contributed by atoms with Crippen molar-refractivity contribution in [1.29, 1.82) is 0 Å². The van der Waals surface area contributed by atoms with Crippen molar-refractivity contribution in [2.24, 2.45) is 0 Å². The Hall–Kier alpha value is -3.15. The molecule has 1 atom stereocenters. The monoisotopic (exact) mass is 1100 g/mol. The van der Waals surface area contributed by atoms with E-state index in [1.807, 2.05) is 0 Å². The molecule has 0 aromatic carbocycles. The minimum Gasteiger partial charge on any atom is -0.462 e. The second-order valence-electron chi connectivity index (χ2n) is 23.1. The van der Waals surface area contributed by atoms with Crippen LogP contribution in [-0.2, 0) is 28.6 Å². The molecule has 6 heteroatoms. The van der Waals surface area contributed by atoms with E-state index in [-0.39, 0.29) is 31.1 Å². The highest BCUT2D eigenvalue weighted by molar-refractivity contribution is 5.71. The van der Waals surface area contributed by atoms with Gasteiger partial charge in [-0.3, -0.25) is 14.4 Å². The molecule has 0 saturated heterocycles. The molecule has 0 bridgehead atoms. The third kappa shape index (κ3) is 65.5. The summed E-state index contributed by atoms with van der Waals surface area (Å²) in [6.07, 6.45) is 87.7. The summed E-state index contributed by atoms with van der Waals surface area (Å²) in [6.45, 7) is 6.57. The van der Waals surface area contributed by atoms with Crippen LogP contribution in [0.3, 0.4) is 0 Å². The molecule has 0 aliphatic rings. The summed E-state index contributed by atoms with van der Waals surface area (Å²) in [5.41, 5.74) is 0. The SMILES string of the molecule is CC/C=C\C/C=C\C/C=C\C/C=C\CCCCCCCCCCCCCCC(=O)OCC(COC(=O)CCCCCCCCCCCCCCC)OC(=O)CCCCCCCCCCCCC/C=C\C/C=C\CCCCCCC. The Morgan fingerprint density at radius 2 is 0.494 bits per heavy atom. The highest BCUT2D eigenvalue weighted by Crippen LogP contribution is 2.17. The van der Waals surface area contributed by atoms with Crippen LogP contribution in [0, 0.1) is 0 Å². The molecule has 0 N–H and O–H groups in total. The topological polar surface area (TPSA) is 78.9 Å². The summed E-state index contributed by atoms with van der Waals surface area (Å²) in [7, 11) is 0. The van der Waals surface area contributed by atoms with Gasteiger partial charge in [-0.05, 0) is 89.9 Å². The Morgan fingerprint density at radius 1 is 0.266 bits per heavy atom. The molecule has 0 radical (unpaired) electrons. The first-order chi connectivity index (χ1) is 39.0. The minimum atomic E-state index is -0.776. The number of rotatable bonds is 63. The van der Waals surface area contributed by atoms with Crippen LogP contribution >= 0.6 is 0 Å². The van der Waals surface area contributed by atoms with Crippen molar-refractivity contribution in [2.45, 2.75) is 361 Å². The van der Waals surface area contributed by atoms with Gasteiger partial charge in [-0.25, -0.2) is 0 Å². The van der Waals surface area contributed by atoms with Crippen LogP contribution in [0.2, 0.25) is 0 Å². The predicted molar refractivity (Wildman–Crippen MR) is 344 cm³/mol. The number of esters is 3. The molecule has 0 aliphatic carbocycles. The van der Waals surface area contributed by atoms with E-state index in [2.05, 4.69) is 93.7 Å². The molecule has 0 aromatic heterocycles. The van der Waals surface area contributed by atoms with Gasteiger partial charge in [-0.2, -0.15) is 0 Å². The highest BCUT2D eigenvalue weighted by Gasteiger charge is 2.19. The Bertz CT molecular complexity index is 1450. The largest absolute Gasteiger partial charge is 0.462 e. The molecule has 1 unspecified atom stereocenters. The molecule has 0 aromatic rings. The zero-order valence-electron chi connectivity index (χ0n) is 52.6. The fourth-order valence-corrected chi connectivity index (χ4v) is 10.1. The Kier molecular flexibility index (Phi) is 64.7. The summed E-state index contributed by atoms with van der Waals surface area (Å²) in [5.74, 6) is -0.856. The molecular weight excluding hydrogens is 973 g/mol. The quantitative estimate of drug-likeness (QED) is 0.0261. The van der Waals surface area contributed by atoms with Gasteiger partial charge >= 0.3 is 17.9 Å². The lowest BCUT2D eigenvalue weighted by atomic mass is 10.0. The van der Waals surface area contributed by atoms with Gasteiger partial charge in [0.15, 0.2) is 6.10 Å². The highest BCUT2D eigenvalue weighted by atomic mass is 16.6. The fourth-order valence-electron chi connectivity index (χ4n) is 10.1. The van der Waals surface area contributed by atoms with Crippen molar-refractivity contribution >= 4 is 17.9 Å². The van der Waals surface area contributed by atoms with E-state index in [0.29, 0.717) is 19.3 Å². The standard InChI is InChI=1S/C73H130O6/c1-4-7-10-13-16-19-22-25-27-29-31-33-35-36-38-39-41-43-45-48-51-54-57-60-63-66-72(75)78-69-70(68-77-71(74)65-62-59-56-53-50-47-24-21-18-15-12-9-6-3)79-73(76)67-64-61-58-55-52-49-46-44-42-40-37-34-32-30-28-26-23-20-17-14-11-8-5-2/h7,10,16,19,23,25-27,30-33,70H,4-6,8-9,11-15,17-18,20-22,24,28-29,34-69H2,1-3H3/b10-7-,19-16-,26-23-,27-25-,32-30-,33-31-. The molecule has 0 heterocycles. The molecular formula is C73H130O6. The van der Waals surface area contributed by atoms with Crippen LogP contribution < -0.4 is 0 Å². The van der Waals surface area contributed by atoms with Gasteiger partial charge in [0.2, 0.25) is 0 Å². The second kappa shape index (κ2) is 67.4. The fraction of sp³-hybridized carbons (Fsp3) is 0.795. The zero-order chi connectivity index (χ0) is 57.1. The Morgan fingerprint density at radius 3 is 0.772 bits per heavy atom. The first-order valence-corrected chi connectivity index (χ1v) is 34.4. The van der Waals surface area contributed by atoms with E-state index in [0.717, 1.165) is 89.9 Å². The average Bonchev–Trinajstić information content (AvgIpc) is 3.45. The van der Waals surface area contributed by atoms with Gasteiger partial charge in [0.25, 0.3) is 0 Å². The van der Waals surface area contributed by atoms with E-state index < -0.39 is 6.10 Å². The summed E-state index contributed by atoms with van der Waals surface area (Å²) in [5, 5.41) is 0. The number of carbonyl (C=O) groups is 3. The lowest BCUT2D eigenvalue weighted by Crippen LogP contribution is -2.30. The third-order valence-electron chi connectivity index (χ3n) is 15.2. The van der Waals surface area contributed by atoms with Crippen molar-refractivity contribution in [2.75, 3.05) is 13.2 Å². The molecule has 0 aliphatic heterocycles. The van der Waals surface area contributed by atoms with Crippen molar-refractivity contribution in [1.82, 2.24) is 0 Å². The van der Waals surface area contributed by atoms with E-state index in [1.165, 1.54) is 225 Å². The van der Waals surface area contributed by atoms with E-state index in [9.17, 15) is 14.4 Å². The van der Waals surface area contributed by atoms with Gasteiger partial charge in [-0.15, -0.1) is 0 Å². The van der Waals surface area contributed by atoms with E-state index in [1.54, 1.807) is 0 Å². The molecule has 0 spiro atoms. The molecule has 6 nitrogen and oxygen atoms in total. The Labute approximate surface area is 491 Å². The maximum absolute atomic E-state index is 12.9.